The van der Waals surface area contributed by atoms with E-state index in [2.05, 4.69) is 25.1 Å². The molecule has 3 aromatic heterocycles. The highest BCUT2D eigenvalue weighted by atomic mass is 19.2. The van der Waals surface area contributed by atoms with Crippen molar-refractivity contribution in [2.45, 2.75) is 18.8 Å². The molecule has 36 heavy (non-hydrogen) atoms. The van der Waals surface area contributed by atoms with Crippen LogP contribution in [0.15, 0.2) is 46.3 Å². The molecule has 0 fully saturated rings. The van der Waals surface area contributed by atoms with Crippen LogP contribution in [0, 0.1) is 23.0 Å². The Kier molecular flexibility index (Phi) is 6.35. The first-order valence-electron chi connectivity index (χ1n) is 10.5. The number of benzene rings is 1. The van der Waals surface area contributed by atoms with Gasteiger partial charge in [0.15, 0.2) is 17.3 Å². The summed E-state index contributed by atoms with van der Waals surface area (Å²) >= 11 is 0. The molecule has 4 rings (SSSR count). The summed E-state index contributed by atoms with van der Waals surface area (Å²) in [6.45, 7) is 1.64. The van der Waals surface area contributed by atoms with Crippen molar-refractivity contribution < 1.29 is 23.2 Å². The van der Waals surface area contributed by atoms with Gasteiger partial charge < -0.3 is 14.9 Å². The summed E-state index contributed by atoms with van der Waals surface area (Å²) in [6, 6.07) is 3.59. The number of hydrogen-bond donors (Lipinski definition) is 2. The van der Waals surface area contributed by atoms with Crippen LogP contribution in [0.25, 0.3) is 0 Å². The van der Waals surface area contributed by atoms with E-state index < -0.39 is 46.4 Å². The van der Waals surface area contributed by atoms with Crippen LogP contribution in [0.3, 0.4) is 0 Å². The van der Waals surface area contributed by atoms with Gasteiger partial charge >= 0.3 is 0 Å². The van der Waals surface area contributed by atoms with Crippen molar-refractivity contribution >= 4 is 11.6 Å². The second-order valence-corrected chi connectivity index (χ2v) is 8.08. The number of nitrogens with zero attached hydrogens (tertiary/aromatic N) is 6. The summed E-state index contributed by atoms with van der Waals surface area (Å²) in [4.78, 5) is 29.9. The minimum Gasteiger partial charge on any atom is -0.501 e. The predicted octanol–water partition coefficient (Wildman–Crippen LogP) is 2.55. The highest BCUT2D eigenvalue weighted by Crippen LogP contribution is 2.39. The fourth-order valence-electron chi connectivity index (χ4n) is 4.03. The third kappa shape index (κ3) is 4.31. The average molecular weight is 495 g/mol. The molecule has 3 heterocycles. The standard InChI is InChI=1S/C23H19F2N7O4/c1-11(18(13-7-27-31(2)9-13)15-5-17(25)16(24)4-12(15)6-26)21-30-19(20(33)23(35)32(21)3)22(34)29-14-8-28-36-10-14/h4-5,7-11,18,33H,1-3H3,(H,29,34)/t11-,18+/m1/s1. The third-order valence-electron chi connectivity index (χ3n) is 5.75. The zero-order valence-corrected chi connectivity index (χ0v) is 19.2. The number of rotatable bonds is 6. The van der Waals surface area contributed by atoms with E-state index in [0.29, 0.717) is 5.56 Å². The molecule has 0 saturated heterocycles. The molecule has 4 aromatic rings. The van der Waals surface area contributed by atoms with Gasteiger partial charge in [-0.25, -0.2) is 13.8 Å². The van der Waals surface area contributed by atoms with Crippen molar-refractivity contribution in [2.24, 2.45) is 14.1 Å². The fraction of sp³-hybridized carbons (Fsp3) is 0.217. The van der Waals surface area contributed by atoms with Crippen molar-refractivity contribution in [3.05, 3.63) is 87.2 Å². The maximum absolute atomic E-state index is 14.3. The Labute approximate surface area is 202 Å². The van der Waals surface area contributed by atoms with Gasteiger partial charge in [-0.2, -0.15) is 10.4 Å². The highest BCUT2D eigenvalue weighted by molar-refractivity contribution is 6.04. The number of nitriles is 1. The lowest BCUT2D eigenvalue weighted by Crippen LogP contribution is -2.29. The summed E-state index contributed by atoms with van der Waals surface area (Å²) in [5.41, 5.74) is -0.760. The topological polar surface area (TPSA) is 152 Å². The number of nitrogens with one attached hydrogen (secondary N) is 1. The molecular formula is C23H19F2N7O4. The molecule has 0 spiro atoms. The van der Waals surface area contributed by atoms with Crippen LogP contribution in [0.1, 0.15) is 51.8 Å². The number of anilines is 1. The van der Waals surface area contributed by atoms with Crippen molar-refractivity contribution in [3.63, 3.8) is 0 Å². The van der Waals surface area contributed by atoms with Crippen LogP contribution in [0.5, 0.6) is 5.75 Å². The predicted molar refractivity (Wildman–Crippen MR) is 120 cm³/mol. The maximum atomic E-state index is 14.3. The zero-order valence-electron chi connectivity index (χ0n) is 19.2. The first-order valence-corrected chi connectivity index (χ1v) is 10.5. The van der Waals surface area contributed by atoms with E-state index >= 15 is 0 Å². The van der Waals surface area contributed by atoms with Crippen molar-refractivity contribution in [1.82, 2.24) is 24.5 Å². The molecule has 0 unspecified atom stereocenters. The molecule has 2 N–H and O–H groups in total. The number of hydrogen-bond acceptors (Lipinski definition) is 8. The molecule has 184 valence electrons. The maximum Gasteiger partial charge on any atom is 0.296 e. The second-order valence-electron chi connectivity index (χ2n) is 8.08. The number of aromatic nitrogens is 5. The molecule has 1 amide bonds. The Balaban J connectivity index is 1.89. The number of amides is 1. The number of carbonyl (C=O) groups is 1. The lowest BCUT2D eigenvalue weighted by molar-refractivity contribution is 0.101. The van der Waals surface area contributed by atoms with Crippen molar-refractivity contribution in [1.29, 1.82) is 5.26 Å². The molecule has 0 aliphatic heterocycles. The molecule has 0 aliphatic carbocycles. The summed E-state index contributed by atoms with van der Waals surface area (Å²) in [5.74, 6) is -5.71. The van der Waals surface area contributed by atoms with Crippen LogP contribution in [0.2, 0.25) is 0 Å². The van der Waals surface area contributed by atoms with E-state index in [0.717, 1.165) is 23.0 Å². The molecule has 0 radical (unpaired) electrons. The quantitative estimate of drug-likeness (QED) is 0.414. The van der Waals surface area contributed by atoms with Crippen LogP contribution >= 0.6 is 0 Å². The van der Waals surface area contributed by atoms with Crippen LogP contribution in [-0.4, -0.2) is 35.5 Å². The second kappa shape index (κ2) is 9.41. The molecule has 11 nitrogen and oxygen atoms in total. The Bertz CT molecular complexity index is 1550. The van der Waals surface area contributed by atoms with Crippen LogP contribution < -0.4 is 10.9 Å². The van der Waals surface area contributed by atoms with Crippen molar-refractivity contribution in [3.8, 4) is 11.8 Å². The van der Waals surface area contributed by atoms with Gasteiger partial charge in [-0.05, 0) is 23.3 Å². The van der Waals surface area contributed by atoms with Crippen molar-refractivity contribution in [2.75, 3.05) is 5.32 Å². The first kappa shape index (κ1) is 24.3. The van der Waals surface area contributed by atoms with Crippen LogP contribution in [0.4, 0.5) is 14.5 Å². The normalized spacial score (nSPS) is 12.7. The Morgan fingerprint density at radius 1 is 1.25 bits per heavy atom. The Morgan fingerprint density at radius 2 is 1.97 bits per heavy atom. The summed E-state index contributed by atoms with van der Waals surface area (Å²) in [7, 11) is 3.00. The number of aromatic hydroxyl groups is 1. The minimum absolute atomic E-state index is 0.0377. The molecule has 13 heteroatoms. The van der Waals surface area contributed by atoms with Gasteiger partial charge in [0.2, 0.25) is 5.75 Å². The van der Waals surface area contributed by atoms with E-state index in [1.165, 1.54) is 24.1 Å². The number of aryl methyl sites for hydroxylation is 1. The Hall–Kier alpha value is -4.86. The molecular weight excluding hydrogens is 476 g/mol. The van der Waals surface area contributed by atoms with Gasteiger partial charge in [-0.1, -0.05) is 12.1 Å². The molecule has 0 bridgehead atoms. The average Bonchev–Trinajstić information content (AvgIpc) is 3.51. The zero-order chi connectivity index (χ0) is 26.1. The first-order chi connectivity index (χ1) is 17.1. The van der Waals surface area contributed by atoms with Gasteiger partial charge in [-0.15, -0.1) is 0 Å². The smallest absolute Gasteiger partial charge is 0.296 e. The molecule has 1 aromatic carbocycles. The largest absolute Gasteiger partial charge is 0.501 e. The highest BCUT2D eigenvalue weighted by Gasteiger charge is 2.32. The fourth-order valence-corrected chi connectivity index (χ4v) is 4.03. The van der Waals surface area contributed by atoms with Crippen LogP contribution in [-0.2, 0) is 14.1 Å². The van der Waals surface area contributed by atoms with E-state index in [1.807, 2.05) is 6.07 Å². The number of carbonyl (C=O) groups excluding carboxylic acids is 1. The molecule has 2 atom stereocenters. The van der Waals surface area contributed by atoms with Gasteiger partial charge in [0, 0.05) is 32.1 Å². The lowest BCUT2D eigenvalue weighted by Gasteiger charge is -2.26. The molecule has 0 aliphatic rings. The van der Waals surface area contributed by atoms with Gasteiger partial charge in [-0.3, -0.25) is 18.8 Å². The minimum atomic E-state index is -1.18. The molecule has 0 saturated carbocycles. The van der Waals surface area contributed by atoms with E-state index in [1.54, 1.807) is 20.2 Å². The van der Waals surface area contributed by atoms with E-state index in [4.69, 9.17) is 0 Å². The van der Waals surface area contributed by atoms with Gasteiger partial charge in [0.05, 0.1) is 24.0 Å². The van der Waals surface area contributed by atoms with Gasteiger partial charge in [0.25, 0.3) is 11.5 Å². The number of halogens is 2. The van der Waals surface area contributed by atoms with E-state index in [9.17, 15) is 28.7 Å². The van der Waals surface area contributed by atoms with E-state index in [-0.39, 0.29) is 22.6 Å². The SMILES string of the molecule is C[C@@H](c1nc(C(=O)Nc2cnoc2)c(O)c(=O)n1C)[C@@H](c1cnn(C)c1)c1cc(F)c(F)cc1C#N. The Morgan fingerprint density at radius 3 is 2.58 bits per heavy atom. The summed E-state index contributed by atoms with van der Waals surface area (Å²) < 4.78 is 35.4. The summed E-state index contributed by atoms with van der Waals surface area (Å²) in [6.07, 6.45) is 5.47. The summed E-state index contributed by atoms with van der Waals surface area (Å²) in [5, 5.41) is 30.0. The van der Waals surface area contributed by atoms with Gasteiger partial charge in [0.1, 0.15) is 17.8 Å². The lowest BCUT2D eigenvalue weighted by atomic mass is 9.80. The third-order valence-corrected chi connectivity index (χ3v) is 5.75. The monoisotopic (exact) mass is 495 g/mol.